The van der Waals surface area contributed by atoms with E-state index in [1.165, 1.54) is 6.26 Å². The summed E-state index contributed by atoms with van der Waals surface area (Å²) in [4.78, 5) is 12.5. The van der Waals surface area contributed by atoms with Crippen molar-refractivity contribution in [1.82, 2.24) is 9.62 Å². The van der Waals surface area contributed by atoms with Crippen molar-refractivity contribution in [2.45, 2.75) is 63.3 Å². The molecule has 4 rings (SSSR count). The van der Waals surface area contributed by atoms with Crippen molar-refractivity contribution >= 4 is 15.9 Å². The lowest BCUT2D eigenvalue weighted by Gasteiger charge is -2.37. The molecule has 7 heteroatoms. The molecule has 6 nitrogen and oxygen atoms in total. The van der Waals surface area contributed by atoms with Gasteiger partial charge in [0.2, 0.25) is 15.9 Å². The molecule has 2 aliphatic heterocycles. The van der Waals surface area contributed by atoms with Crippen LogP contribution in [-0.4, -0.2) is 43.0 Å². The van der Waals surface area contributed by atoms with Gasteiger partial charge < -0.3 is 10.1 Å². The molecule has 0 aliphatic carbocycles. The zero-order chi connectivity index (χ0) is 21.8. The normalized spacial score (nSPS) is 23.5. The Morgan fingerprint density at radius 2 is 1.65 bits per heavy atom. The van der Waals surface area contributed by atoms with Gasteiger partial charge in [0.05, 0.1) is 6.26 Å². The van der Waals surface area contributed by atoms with Crippen LogP contribution in [0.2, 0.25) is 0 Å². The molecule has 2 saturated heterocycles. The van der Waals surface area contributed by atoms with E-state index in [0.29, 0.717) is 32.3 Å². The molecule has 2 aromatic carbocycles. The largest absolute Gasteiger partial charge is 0.489 e. The van der Waals surface area contributed by atoms with Gasteiger partial charge in [-0.15, -0.1) is 0 Å². The maximum atomic E-state index is 12.5. The first-order valence-corrected chi connectivity index (χ1v) is 12.8. The van der Waals surface area contributed by atoms with Gasteiger partial charge in [-0.2, -0.15) is 4.31 Å². The third-order valence-electron chi connectivity index (χ3n) is 6.23. The maximum Gasteiger partial charge on any atom is 0.220 e. The number of sulfonamides is 1. The van der Waals surface area contributed by atoms with Crippen molar-refractivity contribution in [2.24, 2.45) is 0 Å². The van der Waals surface area contributed by atoms with Gasteiger partial charge in [-0.05, 0) is 55.4 Å². The Morgan fingerprint density at radius 1 is 1.00 bits per heavy atom. The van der Waals surface area contributed by atoms with E-state index in [9.17, 15) is 13.2 Å². The van der Waals surface area contributed by atoms with Crippen LogP contribution in [0, 0.1) is 0 Å². The van der Waals surface area contributed by atoms with Gasteiger partial charge in [0, 0.05) is 24.5 Å². The molecule has 31 heavy (non-hydrogen) atoms. The molecular formula is C24H30N2O4S. The fourth-order valence-electron chi connectivity index (χ4n) is 4.84. The van der Waals surface area contributed by atoms with Crippen LogP contribution >= 0.6 is 0 Å². The van der Waals surface area contributed by atoms with Crippen LogP contribution in [0.25, 0.3) is 0 Å². The van der Waals surface area contributed by atoms with Crippen LogP contribution in [0.4, 0.5) is 0 Å². The van der Waals surface area contributed by atoms with Crippen LogP contribution in [0.3, 0.4) is 0 Å². The fourth-order valence-corrected chi connectivity index (χ4v) is 6.31. The average molecular weight is 443 g/mol. The Hall–Kier alpha value is -2.38. The molecule has 2 atom stereocenters. The summed E-state index contributed by atoms with van der Waals surface area (Å²) in [5, 5.41) is 3.13. The third-order valence-corrected chi connectivity index (χ3v) is 7.59. The SMILES string of the molecule is CS(=O)(=O)N1C2CCC1CC(NC(=O)CCc1ccc(OCc3ccccc3)cc1)C2. The van der Waals surface area contributed by atoms with Crippen molar-refractivity contribution in [1.29, 1.82) is 0 Å². The van der Waals surface area contributed by atoms with Gasteiger partial charge in [0.15, 0.2) is 0 Å². The van der Waals surface area contributed by atoms with Gasteiger partial charge in [-0.25, -0.2) is 8.42 Å². The number of nitrogens with zero attached hydrogens (tertiary/aromatic N) is 1. The number of piperidine rings is 1. The van der Waals surface area contributed by atoms with Crippen LogP contribution < -0.4 is 10.1 Å². The van der Waals surface area contributed by atoms with Crippen LogP contribution in [-0.2, 0) is 27.8 Å². The van der Waals surface area contributed by atoms with E-state index in [1.54, 1.807) is 4.31 Å². The number of carbonyl (C=O) groups excluding carboxylic acids is 1. The molecule has 1 amide bonds. The summed E-state index contributed by atoms with van der Waals surface area (Å²) < 4.78 is 31.5. The average Bonchev–Trinajstić information content (AvgIpc) is 3.04. The third kappa shape index (κ3) is 5.66. The summed E-state index contributed by atoms with van der Waals surface area (Å²) in [6.45, 7) is 0.530. The van der Waals surface area contributed by atoms with Gasteiger partial charge in [-0.3, -0.25) is 4.79 Å². The first-order chi connectivity index (χ1) is 14.9. The van der Waals surface area contributed by atoms with Crippen molar-refractivity contribution in [3.8, 4) is 5.75 Å². The molecule has 2 unspecified atom stereocenters. The Morgan fingerprint density at radius 3 is 2.26 bits per heavy atom. The minimum atomic E-state index is -3.17. The summed E-state index contributed by atoms with van der Waals surface area (Å²) in [6.07, 6.45) is 5.58. The molecule has 166 valence electrons. The Kier molecular flexibility index (Phi) is 6.62. The number of hydrogen-bond donors (Lipinski definition) is 1. The van der Waals surface area contributed by atoms with E-state index in [0.717, 1.165) is 29.7 Å². The van der Waals surface area contributed by atoms with E-state index in [2.05, 4.69) is 5.32 Å². The smallest absolute Gasteiger partial charge is 0.220 e. The van der Waals surface area contributed by atoms with Gasteiger partial charge in [0.1, 0.15) is 12.4 Å². The zero-order valence-electron chi connectivity index (χ0n) is 17.9. The van der Waals surface area contributed by atoms with Gasteiger partial charge in [0.25, 0.3) is 0 Å². The first kappa shape index (κ1) is 21.8. The second-order valence-electron chi connectivity index (χ2n) is 8.63. The molecule has 0 saturated carbocycles. The second-order valence-corrected chi connectivity index (χ2v) is 10.5. The van der Waals surface area contributed by atoms with Crippen molar-refractivity contribution in [3.05, 3.63) is 65.7 Å². The van der Waals surface area contributed by atoms with Crippen molar-refractivity contribution in [3.63, 3.8) is 0 Å². The van der Waals surface area contributed by atoms with E-state index in [-0.39, 0.29) is 24.0 Å². The van der Waals surface area contributed by atoms with Crippen LogP contribution in [0.5, 0.6) is 5.75 Å². The number of nitrogens with one attached hydrogen (secondary N) is 1. The molecule has 2 bridgehead atoms. The number of fused-ring (bicyclic) bond motifs is 2. The molecule has 0 radical (unpaired) electrons. The Bertz CT molecular complexity index is 978. The summed E-state index contributed by atoms with van der Waals surface area (Å²) in [6, 6.07) is 18.0. The Balaban J connectivity index is 1.21. The topological polar surface area (TPSA) is 75.7 Å². The lowest BCUT2D eigenvalue weighted by molar-refractivity contribution is -0.122. The first-order valence-electron chi connectivity index (χ1n) is 10.9. The number of ether oxygens (including phenoxy) is 1. The zero-order valence-corrected chi connectivity index (χ0v) is 18.7. The lowest BCUT2D eigenvalue weighted by Crippen LogP contribution is -2.52. The van der Waals surface area contributed by atoms with Crippen molar-refractivity contribution < 1.29 is 17.9 Å². The number of aryl methyl sites for hydroxylation is 1. The molecule has 1 N–H and O–H groups in total. The fraction of sp³-hybridized carbons (Fsp3) is 0.458. The highest BCUT2D eigenvalue weighted by atomic mass is 32.2. The predicted molar refractivity (Wildman–Crippen MR) is 120 cm³/mol. The summed E-state index contributed by atoms with van der Waals surface area (Å²) in [5.74, 6) is 0.840. The second kappa shape index (κ2) is 9.40. The maximum absolute atomic E-state index is 12.5. The summed E-state index contributed by atoms with van der Waals surface area (Å²) in [7, 11) is -3.17. The van der Waals surface area contributed by atoms with Gasteiger partial charge in [-0.1, -0.05) is 42.5 Å². The highest BCUT2D eigenvalue weighted by Gasteiger charge is 2.45. The quantitative estimate of drug-likeness (QED) is 0.681. The number of amides is 1. The molecule has 0 aromatic heterocycles. The number of carbonyl (C=O) groups is 1. The molecule has 2 heterocycles. The summed E-state index contributed by atoms with van der Waals surface area (Å²) in [5.41, 5.74) is 2.22. The monoisotopic (exact) mass is 442 g/mol. The van der Waals surface area contributed by atoms with Gasteiger partial charge >= 0.3 is 0 Å². The molecule has 2 fully saturated rings. The molecule has 2 aliphatic rings. The predicted octanol–water partition coefficient (Wildman–Crippen LogP) is 3.27. The minimum absolute atomic E-state index is 0.0293. The van der Waals surface area contributed by atoms with E-state index < -0.39 is 10.0 Å². The molecule has 0 spiro atoms. The van der Waals surface area contributed by atoms with E-state index in [1.807, 2.05) is 54.6 Å². The van der Waals surface area contributed by atoms with E-state index >= 15 is 0 Å². The van der Waals surface area contributed by atoms with Crippen LogP contribution in [0.15, 0.2) is 54.6 Å². The number of benzene rings is 2. The van der Waals surface area contributed by atoms with Crippen molar-refractivity contribution in [2.75, 3.05) is 6.26 Å². The standard InChI is InChI=1S/C24H30N2O4S/c1-31(28,29)26-21-10-11-22(26)16-20(15-21)25-24(27)14-9-18-7-12-23(13-8-18)30-17-19-5-3-2-4-6-19/h2-8,12-13,20-22H,9-11,14-17H2,1H3,(H,25,27). The molecular weight excluding hydrogens is 412 g/mol. The van der Waals surface area contributed by atoms with E-state index in [4.69, 9.17) is 4.74 Å². The Labute approximate surface area is 184 Å². The summed E-state index contributed by atoms with van der Waals surface area (Å²) >= 11 is 0. The lowest BCUT2D eigenvalue weighted by atomic mass is 9.99. The van der Waals surface area contributed by atoms with Crippen LogP contribution in [0.1, 0.15) is 43.2 Å². The minimum Gasteiger partial charge on any atom is -0.489 e. The number of rotatable bonds is 8. The highest BCUT2D eigenvalue weighted by molar-refractivity contribution is 7.88. The highest BCUT2D eigenvalue weighted by Crippen LogP contribution is 2.37. The molecule has 2 aromatic rings. The number of hydrogen-bond acceptors (Lipinski definition) is 4.